The third-order valence-electron chi connectivity index (χ3n) is 12.6. The van der Waals surface area contributed by atoms with E-state index in [4.69, 9.17) is 0 Å². The maximum Gasteiger partial charge on any atom is 0.0462 e. The van der Waals surface area contributed by atoms with Gasteiger partial charge in [-0.1, -0.05) is 188 Å². The van der Waals surface area contributed by atoms with Gasteiger partial charge in [0.25, 0.3) is 0 Å². The quantitative estimate of drug-likeness (QED) is 0.152. The predicted octanol–water partition coefficient (Wildman–Crippen LogP) is 17.1. The van der Waals surface area contributed by atoms with Crippen LogP contribution < -0.4 is 4.90 Å². The fourth-order valence-corrected chi connectivity index (χ4v) is 9.70. The summed E-state index contributed by atoms with van der Waals surface area (Å²) in [6, 6.07) is 86.8. The molecule has 1 heteroatoms. The lowest BCUT2D eigenvalue weighted by atomic mass is 9.93. The maximum atomic E-state index is 2.38. The second kappa shape index (κ2) is 14.4. The van der Waals surface area contributed by atoms with Crippen molar-refractivity contribution in [1.29, 1.82) is 0 Å². The normalized spacial score (nSPS) is 11.6. The molecule has 0 atom stereocenters. The topological polar surface area (TPSA) is 3.24 Å². The highest BCUT2D eigenvalue weighted by Gasteiger charge is 2.17. The molecular weight excluding hydrogens is 735 g/mol. The summed E-state index contributed by atoms with van der Waals surface area (Å²) in [4.78, 5) is 2.38. The molecule has 12 aromatic rings. The number of nitrogens with zero attached hydrogens (tertiary/aromatic N) is 1. The first-order valence-electron chi connectivity index (χ1n) is 21.1. The zero-order valence-corrected chi connectivity index (χ0v) is 33.5. The first kappa shape index (κ1) is 35.0. The molecule has 0 radical (unpaired) electrons. The SMILES string of the molecule is c1ccc2c(c1)ccc1c(-c3ccc(N(c4ccc(-c5cc6ccccc6c6ccccc56)cc4)c4ccc(-c5cc6ccccc6c6ccccc56)cc4)cc3)cccc12. The van der Waals surface area contributed by atoms with Crippen molar-refractivity contribution in [3.8, 4) is 33.4 Å². The minimum absolute atomic E-state index is 1.10. The molecule has 0 bridgehead atoms. The van der Waals surface area contributed by atoms with Crippen LogP contribution in [-0.2, 0) is 0 Å². The van der Waals surface area contributed by atoms with Crippen molar-refractivity contribution in [2.75, 3.05) is 4.90 Å². The maximum absolute atomic E-state index is 2.38. The molecular formula is C60H39N. The Hall–Kier alpha value is -8.00. The van der Waals surface area contributed by atoms with Crippen LogP contribution >= 0.6 is 0 Å². The first-order valence-corrected chi connectivity index (χ1v) is 21.1. The van der Waals surface area contributed by atoms with Gasteiger partial charge in [0, 0.05) is 17.1 Å². The van der Waals surface area contributed by atoms with E-state index in [-0.39, 0.29) is 0 Å². The van der Waals surface area contributed by atoms with Crippen LogP contribution in [-0.4, -0.2) is 0 Å². The van der Waals surface area contributed by atoms with Crippen LogP contribution in [0, 0.1) is 0 Å². The monoisotopic (exact) mass is 773 g/mol. The zero-order valence-electron chi connectivity index (χ0n) is 33.5. The minimum Gasteiger partial charge on any atom is -0.311 e. The van der Waals surface area contributed by atoms with E-state index >= 15 is 0 Å². The molecule has 284 valence electrons. The Labute approximate surface area is 355 Å². The highest BCUT2D eigenvalue weighted by atomic mass is 15.1. The van der Waals surface area contributed by atoms with Crippen molar-refractivity contribution in [2.45, 2.75) is 0 Å². The molecule has 1 nitrogen and oxygen atoms in total. The van der Waals surface area contributed by atoms with Crippen LogP contribution in [0.3, 0.4) is 0 Å². The van der Waals surface area contributed by atoms with E-state index in [1.165, 1.54) is 98.0 Å². The van der Waals surface area contributed by atoms with Gasteiger partial charge in [-0.05, 0) is 147 Å². The van der Waals surface area contributed by atoms with E-state index in [1.807, 2.05) is 0 Å². The van der Waals surface area contributed by atoms with Gasteiger partial charge in [-0.15, -0.1) is 0 Å². The average molecular weight is 774 g/mol. The van der Waals surface area contributed by atoms with Crippen molar-refractivity contribution in [3.05, 3.63) is 237 Å². The van der Waals surface area contributed by atoms with Crippen LogP contribution in [0.2, 0.25) is 0 Å². The second-order valence-electron chi connectivity index (χ2n) is 16.0. The Bertz CT molecular complexity index is 3460. The molecule has 0 unspecified atom stereocenters. The van der Waals surface area contributed by atoms with Gasteiger partial charge in [-0.3, -0.25) is 0 Å². The van der Waals surface area contributed by atoms with Crippen molar-refractivity contribution >= 4 is 81.7 Å². The number of rotatable bonds is 6. The molecule has 0 saturated carbocycles. The van der Waals surface area contributed by atoms with Gasteiger partial charge in [0.05, 0.1) is 0 Å². The molecule has 61 heavy (non-hydrogen) atoms. The largest absolute Gasteiger partial charge is 0.311 e. The van der Waals surface area contributed by atoms with Gasteiger partial charge in [0.15, 0.2) is 0 Å². The van der Waals surface area contributed by atoms with Crippen molar-refractivity contribution in [1.82, 2.24) is 0 Å². The van der Waals surface area contributed by atoms with Crippen LogP contribution in [0.15, 0.2) is 237 Å². The van der Waals surface area contributed by atoms with Crippen LogP contribution in [0.1, 0.15) is 0 Å². The van der Waals surface area contributed by atoms with E-state index in [0.717, 1.165) is 17.1 Å². The van der Waals surface area contributed by atoms with Crippen LogP contribution in [0.5, 0.6) is 0 Å². The van der Waals surface area contributed by atoms with Crippen molar-refractivity contribution in [2.24, 2.45) is 0 Å². The van der Waals surface area contributed by atoms with Crippen molar-refractivity contribution in [3.63, 3.8) is 0 Å². The van der Waals surface area contributed by atoms with Gasteiger partial charge in [-0.25, -0.2) is 0 Å². The lowest BCUT2D eigenvalue weighted by Crippen LogP contribution is -2.09. The summed E-state index contributed by atoms with van der Waals surface area (Å²) in [5.74, 6) is 0. The Balaban J connectivity index is 0.974. The van der Waals surface area contributed by atoms with Crippen LogP contribution in [0.25, 0.3) is 98.0 Å². The smallest absolute Gasteiger partial charge is 0.0462 e. The molecule has 0 fully saturated rings. The lowest BCUT2D eigenvalue weighted by molar-refractivity contribution is 1.28. The Morgan fingerprint density at radius 3 is 0.984 bits per heavy atom. The molecule has 12 aromatic carbocycles. The van der Waals surface area contributed by atoms with E-state index in [0.29, 0.717) is 0 Å². The zero-order chi connectivity index (χ0) is 40.3. The standard InChI is InChI=1S/C60H39N/c1-4-15-49-40(12-1)30-37-58-50(22-11-23-55(49)58)41-24-31-46(32-25-41)61(47-33-26-42(27-34-47)59-38-44-13-2-5-16-51(44)53-18-7-9-20-56(53)59)48-35-28-43(29-36-48)60-39-45-14-3-6-17-52(45)54-19-8-10-21-57(54)60/h1-39H. The predicted molar refractivity (Wildman–Crippen MR) is 262 cm³/mol. The average Bonchev–Trinajstić information content (AvgIpc) is 3.34. The van der Waals surface area contributed by atoms with E-state index in [2.05, 4.69) is 241 Å². The Morgan fingerprint density at radius 2 is 0.525 bits per heavy atom. The summed E-state index contributed by atoms with van der Waals surface area (Å²) < 4.78 is 0. The second-order valence-corrected chi connectivity index (χ2v) is 16.0. The molecule has 0 saturated heterocycles. The first-order chi connectivity index (χ1) is 30.2. The number of hydrogen-bond acceptors (Lipinski definition) is 1. The number of anilines is 3. The van der Waals surface area contributed by atoms with Crippen molar-refractivity contribution < 1.29 is 0 Å². The summed E-state index contributed by atoms with van der Waals surface area (Å²) in [5, 5.41) is 15.2. The highest BCUT2D eigenvalue weighted by Crippen LogP contribution is 2.42. The summed E-state index contributed by atoms with van der Waals surface area (Å²) in [5.41, 5.74) is 10.6. The summed E-state index contributed by atoms with van der Waals surface area (Å²) >= 11 is 0. The fraction of sp³-hybridized carbons (Fsp3) is 0. The molecule has 0 amide bonds. The van der Waals surface area contributed by atoms with E-state index in [1.54, 1.807) is 0 Å². The molecule has 0 spiro atoms. The molecule has 0 aromatic heterocycles. The van der Waals surface area contributed by atoms with Gasteiger partial charge in [0.1, 0.15) is 0 Å². The molecule has 0 aliphatic rings. The molecule has 0 aliphatic heterocycles. The summed E-state index contributed by atoms with van der Waals surface area (Å²) in [6.45, 7) is 0. The van der Waals surface area contributed by atoms with Gasteiger partial charge in [0.2, 0.25) is 0 Å². The number of hydrogen-bond donors (Lipinski definition) is 0. The molecule has 0 heterocycles. The van der Waals surface area contributed by atoms with Gasteiger partial charge >= 0.3 is 0 Å². The fourth-order valence-electron chi connectivity index (χ4n) is 9.70. The Morgan fingerprint density at radius 1 is 0.197 bits per heavy atom. The molecule has 0 N–H and O–H groups in total. The van der Waals surface area contributed by atoms with Gasteiger partial charge in [-0.2, -0.15) is 0 Å². The highest BCUT2D eigenvalue weighted by molar-refractivity contribution is 6.15. The third kappa shape index (κ3) is 5.93. The Kier molecular flexibility index (Phi) is 8.25. The number of benzene rings is 12. The molecule has 0 aliphatic carbocycles. The van der Waals surface area contributed by atoms with E-state index in [9.17, 15) is 0 Å². The lowest BCUT2D eigenvalue weighted by Gasteiger charge is -2.26. The summed E-state index contributed by atoms with van der Waals surface area (Å²) in [7, 11) is 0. The minimum atomic E-state index is 1.10. The van der Waals surface area contributed by atoms with Gasteiger partial charge < -0.3 is 4.90 Å². The molecule has 12 rings (SSSR count). The van der Waals surface area contributed by atoms with Crippen LogP contribution in [0.4, 0.5) is 17.1 Å². The van der Waals surface area contributed by atoms with E-state index < -0.39 is 0 Å². The third-order valence-corrected chi connectivity index (χ3v) is 12.6. The summed E-state index contributed by atoms with van der Waals surface area (Å²) in [6.07, 6.45) is 0. The number of fused-ring (bicyclic) bond motifs is 9.